The molecule has 1 aromatic carbocycles. The lowest BCUT2D eigenvalue weighted by molar-refractivity contribution is -0.123. The predicted octanol–water partition coefficient (Wildman–Crippen LogP) is 3.32. The minimum atomic E-state index is -4.44. The molecule has 0 bridgehead atoms. The Bertz CT molecular complexity index is 638. The maximum atomic E-state index is 12.0. The molecule has 0 radical (unpaired) electrons. The van der Waals surface area contributed by atoms with Crippen LogP contribution in [0.1, 0.15) is 21.1 Å². The summed E-state index contributed by atoms with van der Waals surface area (Å²) < 4.78 is 41.6. The molecule has 0 atom stereocenters. The van der Waals surface area contributed by atoms with Crippen molar-refractivity contribution in [3.05, 3.63) is 45.9 Å². The van der Waals surface area contributed by atoms with E-state index in [0.717, 1.165) is 16.9 Å². The molecule has 0 unspecified atom stereocenters. The molecule has 0 saturated carbocycles. The molecule has 0 aliphatic heterocycles. The molecule has 2 aromatic rings. The second-order valence-electron chi connectivity index (χ2n) is 4.53. The maximum absolute atomic E-state index is 12.0. The number of ether oxygens (including phenoxy) is 1. The lowest BCUT2D eigenvalue weighted by Gasteiger charge is -2.06. The largest absolute Gasteiger partial charge is 0.486 e. The first-order chi connectivity index (χ1) is 10.3. The monoisotopic (exact) mass is 330 g/mol. The average molecular weight is 330 g/mol. The molecule has 2 rings (SSSR count). The Morgan fingerprint density at radius 2 is 2.00 bits per heavy atom. The summed E-state index contributed by atoms with van der Waals surface area (Å²) in [5, 5.41) is 3.69. The summed E-state index contributed by atoms with van der Waals surface area (Å²) in [7, 11) is 0. The third-order valence-corrected chi connectivity index (χ3v) is 3.44. The van der Waals surface area contributed by atoms with Gasteiger partial charge in [0.2, 0.25) is 0 Å². The Kier molecular flexibility index (Phi) is 5.02. The molecular weight excluding hydrogens is 317 g/mol. The normalized spacial score (nSPS) is 11.3. The van der Waals surface area contributed by atoms with Crippen molar-refractivity contribution in [2.24, 2.45) is 0 Å². The second-order valence-corrected chi connectivity index (χ2v) is 5.47. The van der Waals surface area contributed by atoms with Crippen LogP contribution in [0.25, 0.3) is 0 Å². The van der Waals surface area contributed by atoms with Crippen LogP contribution in [0.4, 0.5) is 13.2 Å². The number of hydrogen-bond acceptors (Lipinski definition) is 4. The van der Waals surface area contributed by atoms with E-state index in [1.807, 2.05) is 19.1 Å². The van der Waals surface area contributed by atoms with Gasteiger partial charge in [0, 0.05) is 5.38 Å². The van der Waals surface area contributed by atoms with E-state index in [4.69, 9.17) is 4.74 Å². The van der Waals surface area contributed by atoms with Crippen LogP contribution in [-0.4, -0.2) is 23.6 Å². The number of alkyl halides is 3. The van der Waals surface area contributed by atoms with Crippen LogP contribution in [0.3, 0.4) is 0 Å². The van der Waals surface area contributed by atoms with E-state index in [0.29, 0.717) is 10.8 Å². The smallest absolute Gasteiger partial charge is 0.405 e. The number of halogens is 3. The van der Waals surface area contributed by atoms with Crippen molar-refractivity contribution in [3.8, 4) is 5.75 Å². The predicted molar refractivity (Wildman–Crippen MR) is 76.0 cm³/mol. The zero-order chi connectivity index (χ0) is 16.2. The van der Waals surface area contributed by atoms with Crippen molar-refractivity contribution in [1.82, 2.24) is 10.3 Å². The van der Waals surface area contributed by atoms with Gasteiger partial charge in [0.25, 0.3) is 5.91 Å². The van der Waals surface area contributed by atoms with Crippen LogP contribution >= 0.6 is 11.3 Å². The minimum Gasteiger partial charge on any atom is -0.486 e. The summed E-state index contributed by atoms with van der Waals surface area (Å²) in [5.74, 6) is -0.195. The molecule has 8 heteroatoms. The maximum Gasteiger partial charge on any atom is 0.405 e. The van der Waals surface area contributed by atoms with Gasteiger partial charge in [-0.25, -0.2) is 4.98 Å². The lowest BCUT2D eigenvalue weighted by atomic mass is 10.2. The summed E-state index contributed by atoms with van der Waals surface area (Å²) in [5.41, 5.74) is 1.06. The van der Waals surface area contributed by atoms with E-state index in [-0.39, 0.29) is 12.3 Å². The van der Waals surface area contributed by atoms with Gasteiger partial charge in [0.15, 0.2) is 0 Å². The van der Waals surface area contributed by atoms with Gasteiger partial charge in [0.1, 0.15) is 29.6 Å². The average Bonchev–Trinajstić information content (AvgIpc) is 2.92. The first kappa shape index (κ1) is 16.3. The topological polar surface area (TPSA) is 51.2 Å². The molecule has 1 aromatic heterocycles. The molecule has 0 saturated heterocycles. The van der Waals surface area contributed by atoms with Crippen LogP contribution in [0, 0.1) is 6.92 Å². The van der Waals surface area contributed by atoms with Crippen LogP contribution < -0.4 is 10.1 Å². The standard InChI is InChI=1S/C14H13F3N2O2S/c1-9-2-4-10(5-3-9)21-6-12-19-11(7-22-12)13(20)18-8-14(15,16)17/h2-5,7H,6,8H2,1H3,(H,18,20). The highest BCUT2D eigenvalue weighted by Gasteiger charge is 2.28. The highest BCUT2D eigenvalue weighted by Crippen LogP contribution is 2.17. The van der Waals surface area contributed by atoms with Crippen molar-refractivity contribution in [2.75, 3.05) is 6.54 Å². The second kappa shape index (κ2) is 6.78. The Hall–Kier alpha value is -2.09. The molecule has 1 heterocycles. The number of aromatic nitrogens is 1. The lowest BCUT2D eigenvalue weighted by Crippen LogP contribution is -2.33. The summed E-state index contributed by atoms with van der Waals surface area (Å²) in [6.45, 7) is 0.731. The molecule has 1 N–H and O–H groups in total. The molecule has 0 fully saturated rings. The Morgan fingerprint density at radius 3 is 2.64 bits per heavy atom. The Balaban J connectivity index is 1.88. The third-order valence-electron chi connectivity index (χ3n) is 2.62. The van der Waals surface area contributed by atoms with E-state index in [1.165, 1.54) is 5.38 Å². The van der Waals surface area contributed by atoms with Crippen molar-refractivity contribution < 1.29 is 22.7 Å². The first-order valence-electron chi connectivity index (χ1n) is 6.32. The number of hydrogen-bond donors (Lipinski definition) is 1. The van der Waals surface area contributed by atoms with Gasteiger partial charge in [-0.2, -0.15) is 13.2 Å². The van der Waals surface area contributed by atoms with Gasteiger partial charge in [-0.05, 0) is 19.1 Å². The molecular formula is C14H13F3N2O2S. The summed E-state index contributed by atoms with van der Waals surface area (Å²) in [6.07, 6.45) is -4.44. The van der Waals surface area contributed by atoms with E-state index in [1.54, 1.807) is 17.4 Å². The number of carbonyl (C=O) groups is 1. The molecule has 1 amide bonds. The minimum absolute atomic E-state index is 0.0447. The number of benzene rings is 1. The highest BCUT2D eigenvalue weighted by atomic mass is 32.1. The van der Waals surface area contributed by atoms with Crippen LogP contribution in [0.2, 0.25) is 0 Å². The molecule has 22 heavy (non-hydrogen) atoms. The van der Waals surface area contributed by atoms with Gasteiger partial charge in [-0.1, -0.05) is 17.7 Å². The van der Waals surface area contributed by atoms with Crippen LogP contribution in [0.5, 0.6) is 5.75 Å². The van der Waals surface area contributed by atoms with E-state index in [9.17, 15) is 18.0 Å². The van der Waals surface area contributed by atoms with E-state index < -0.39 is 18.6 Å². The van der Waals surface area contributed by atoms with Gasteiger partial charge in [-0.3, -0.25) is 4.79 Å². The molecule has 0 spiro atoms. The SMILES string of the molecule is Cc1ccc(OCc2nc(C(=O)NCC(F)(F)F)cs2)cc1. The first-order valence-corrected chi connectivity index (χ1v) is 7.20. The van der Waals surface area contributed by atoms with Crippen LogP contribution in [0.15, 0.2) is 29.6 Å². The number of rotatable bonds is 5. The van der Waals surface area contributed by atoms with Crippen molar-refractivity contribution in [2.45, 2.75) is 19.7 Å². The fraction of sp³-hybridized carbons (Fsp3) is 0.286. The molecule has 118 valence electrons. The fourth-order valence-electron chi connectivity index (χ4n) is 1.53. The Morgan fingerprint density at radius 1 is 1.32 bits per heavy atom. The summed E-state index contributed by atoms with van der Waals surface area (Å²) >= 11 is 1.16. The van der Waals surface area contributed by atoms with Gasteiger partial charge in [-0.15, -0.1) is 11.3 Å². The molecule has 0 aliphatic rings. The van der Waals surface area contributed by atoms with E-state index in [2.05, 4.69) is 4.98 Å². The fourth-order valence-corrected chi connectivity index (χ4v) is 2.22. The van der Waals surface area contributed by atoms with E-state index >= 15 is 0 Å². The number of carbonyl (C=O) groups excluding carboxylic acids is 1. The van der Waals surface area contributed by atoms with Gasteiger partial charge in [0.05, 0.1) is 0 Å². The summed E-state index contributed by atoms with van der Waals surface area (Å²) in [4.78, 5) is 15.5. The van der Waals surface area contributed by atoms with Crippen molar-refractivity contribution in [3.63, 3.8) is 0 Å². The highest BCUT2D eigenvalue weighted by molar-refractivity contribution is 7.09. The number of thiazole rings is 1. The molecule has 0 aliphatic carbocycles. The van der Waals surface area contributed by atoms with Crippen LogP contribution in [-0.2, 0) is 6.61 Å². The molecule has 4 nitrogen and oxygen atoms in total. The number of nitrogens with one attached hydrogen (secondary N) is 1. The van der Waals surface area contributed by atoms with Crippen molar-refractivity contribution in [1.29, 1.82) is 0 Å². The number of nitrogens with zero attached hydrogens (tertiary/aromatic N) is 1. The van der Waals surface area contributed by atoms with Gasteiger partial charge >= 0.3 is 6.18 Å². The summed E-state index contributed by atoms with van der Waals surface area (Å²) in [6, 6.07) is 7.40. The van der Waals surface area contributed by atoms with Crippen molar-refractivity contribution >= 4 is 17.2 Å². The zero-order valence-corrected chi connectivity index (χ0v) is 12.4. The number of aryl methyl sites for hydroxylation is 1. The third kappa shape index (κ3) is 5.03. The quantitative estimate of drug-likeness (QED) is 0.915. The number of amides is 1. The van der Waals surface area contributed by atoms with Gasteiger partial charge < -0.3 is 10.1 Å². The zero-order valence-electron chi connectivity index (χ0n) is 11.6. The Labute approximate surface area is 128 Å².